The number of methoxy groups -OCH3 is 2. The number of hydrogen-bond donors (Lipinski definition) is 2. The van der Waals surface area contributed by atoms with E-state index in [2.05, 4.69) is 0 Å². The third kappa shape index (κ3) is 5.33. The summed E-state index contributed by atoms with van der Waals surface area (Å²) >= 11 is 0. The van der Waals surface area contributed by atoms with E-state index in [-0.39, 0.29) is 28.2 Å². The van der Waals surface area contributed by atoms with Crippen molar-refractivity contribution in [2.24, 2.45) is 0 Å². The summed E-state index contributed by atoms with van der Waals surface area (Å²) in [4.78, 5) is 29.9. The van der Waals surface area contributed by atoms with Crippen molar-refractivity contribution in [3.05, 3.63) is 58.7 Å². The fraction of sp³-hybridized carbons (Fsp3) is 0.429. The highest BCUT2D eigenvalue weighted by atomic mass is 16.5. The van der Waals surface area contributed by atoms with Crippen LogP contribution in [0.2, 0.25) is 0 Å². The Morgan fingerprint density at radius 1 is 1.03 bits per heavy atom. The number of aliphatic hydroxyl groups is 1. The van der Waals surface area contributed by atoms with E-state index in [1.54, 1.807) is 37.4 Å². The molecule has 2 aromatic rings. The van der Waals surface area contributed by atoms with Gasteiger partial charge >= 0.3 is 0 Å². The van der Waals surface area contributed by atoms with Gasteiger partial charge in [-0.25, -0.2) is 0 Å². The fourth-order valence-corrected chi connectivity index (χ4v) is 4.49. The summed E-state index contributed by atoms with van der Waals surface area (Å²) < 4.78 is 10.7. The topological polar surface area (TPSA) is 99.5 Å². The van der Waals surface area contributed by atoms with Gasteiger partial charge in [-0.1, -0.05) is 26.8 Å². The van der Waals surface area contributed by atoms with Crippen LogP contribution in [0, 0.1) is 0 Å². The molecule has 1 saturated heterocycles. The average molecular weight is 497 g/mol. The zero-order chi connectivity index (χ0) is 26.8. The van der Waals surface area contributed by atoms with Crippen molar-refractivity contribution in [3.8, 4) is 17.2 Å². The second kappa shape index (κ2) is 10.6. The number of phenolic OH excluding ortho intramolecular Hbond substituents is 1. The molecule has 2 aromatic carbocycles. The summed E-state index contributed by atoms with van der Waals surface area (Å²) in [7, 11) is 6.89. The van der Waals surface area contributed by atoms with Gasteiger partial charge in [-0.3, -0.25) is 9.59 Å². The Hall–Kier alpha value is -3.52. The first-order valence-electron chi connectivity index (χ1n) is 11.9. The van der Waals surface area contributed by atoms with E-state index in [9.17, 15) is 19.8 Å². The highest BCUT2D eigenvalue weighted by molar-refractivity contribution is 6.46. The number of Topliss-reactive ketones (excluding diaryl/α,β-unsaturated/α-hetero) is 1. The van der Waals surface area contributed by atoms with Gasteiger partial charge in [0.25, 0.3) is 11.7 Å². The van der Waals surface area contributed by atoms with Gasteiger partial charge in [-0.15, -0.1) is 0 Å². The van der Waals surface area contributed by atoms with Crippen LogP contribution in [-0.2, 0) is 15.0 Å². The molecule has 1 amide bonds. The maximum Gasteiger partial charge on any atom is 0.295 e. The first-order chi connectivity index (χ1) is 16.9. The number of ketones is 1. The van der Waals surface area contributed by atoms with Crippen molar-refractivity contribution < 1.29 is 29.3 Å². The number of ether oxygens (including phenoxy) is 2. The number of likely N-dealkylation sites (tertiary alicyclic amines) is 1. The molecule has 2 N–H and O–H groups in total. The predicted octanol–water partition coefficient (Wildman–Crippen LogP) is 4.08. The molecular formula is C28H36N2O6. The Balaban J connectivity index is 2.19. The van der Waals surface area contributed by atoms with E-state index >= 15 is 0 Å². The highest BCUT2D eigenvalue weighted by Gasteiger charge is 2.46. The fourth-order valence-electron chi connectivity index (χ4n) is 4.49. The molecule has 1 atom stereocenters. The lowest BCUT2D eigenvalue weighted by Crippen LogP contribution is -2.32. The van der Waals surface area contributed by atoms with Gasteiger partial charge in [0.05, 0.1) is 25.8 Å². The van der Waals surface area contributed by atoms with Crippen molar-refractivity contribution in [3.63, 3.8) is 0 Å². The zero-order valence-corrected chi connectivity index (χ0v) is 22.1. The summed E-state index contributed by atoms with van der Waals surface area (Å²) in [6.07, 6.45) is 0.634. The molecule has 3 rings (SSSR count). The van der Waals surface area contributed by atoms with Gasteiger partial charge in [0.2, 0.25) is 0 Å². The van der Waals surface area contributed by atoms with Gasteiger partial charge < -0.3 is 29.5 Å². The van der Waals surface area contributed by atoms with Crippen LogP contribution in [0.5, 0.6) is 17.2 Å². The van der Waals surface area contributed by atoms with Crippen molar-refractivity contribution in [1.29, 1.82) is 0 Å². The average Bonchev–Trinajstić information content (AvgIpc) is 3.07. The number of benzene rings is 2. The van der Waals surface area contributed by atoms with Crippen LogP contribution in [-0.4, -0.2) is 73.1 Å². The molecule has 36 heavy (non-hydrogen) atoms. The SMILES string of the molecule is COc1ccc(C2/C(=C(/O)c3ccc(OC)c(C(C)(C)C)c3)C(=O)C(=O)N2CCCN(C)C)cc1O. The number of nitrogens with zero attached hydrogens (tertiary/aromatic N) is 2. The molecule has 0 spiro atoms. The number of rotatable bonds is 8. The summed E-state index contributed by atoms with van der Waals surface area (Å²) in [5.74, 6) is -0.885. The predicted molar refractivity (Wildman–Crippen MR) is 139 cm³/mol. The maximum atomic E-state index is 13.3. The molecule has 1 aliphatic rings. The van der Waals surface area contributed by atoms with Gasteiger partial charge in [0.1, 0.15) is 11.5 Å². The summed E-state index contributed by atoms with van der Waals surface area (Å²) in [6.45, 7) is 7.11. The van der Waals surface area contributed by atoms with Crippen LogP contribution in [0.15, 0.2) is 42.0 Å². The number of hydrogen-bond acceptors (Lipinski definition) is 7. The molecule has 0 saturated carbocycles. The van der Waals surface area contributed by atoms with Crippen LogP contribution < -0.4 is 9.47 Å². The van der Waals surface area contributed by atoms with E-state index in [0.29, 0.717) is 29.8 Å². The van der Waals surface area contributed by atoms with E-state index in [0.717, 1.165) is 12.1 Å². The number of carbonyl (C=O) groups excluding carboxylic acids is 2. The van der Waals surface area contributed by atoms with Crippen LogP contribution in [0.4, 0.5) is 0 Å². The molecule has 0 bridgehead atoms. The summed E-state index contributed by atoms with van der Waals surface area (Å²) in [5.41, 5.74) is 1.46. The van der Waals surface area contributed by atoms with E-state index in [1.165, 1.54) is 18.1 Å². The molecule has 8 nitrogen and oxygen atoms in total. The Labute approximate surface area is 212 Å². The normalized spacial score (nSPS) is 17.7. The van der Waals surface area contributed by atoms with Crippen LogP contribution in [0.3, 0.4) is 0 Å². The van der Waals surface area contributed by atoms with Gasteiger partial charge in [-0.05, 0) is 68.4 Å². The standard InChI is InChI=1S/C28H36N2O6/c1-28(2,3)19-15-18(10-11-21(19)35-6)25(32)23-24(17-9-12-22(36-7)20(31)16-17)30(27(34)26(23)33)14-8-13-29(4)5/h9-12,15-16,24,31-32H,8,13-14H2,1-7H3/b25-23-. The lowest BCUT2D eigenvalue weighted by molar-refractivity contribution is -0.139. The van der Waals surface area contributed by atoms with Crippen molar-refractivity contribution in [1.82, 2.24) is 9.80 Å². The second-order valence-corrected chi connectivity index (χ2v) is 10.2. The second-order valence-electron chi connectivity index (χ2n) is 10.2. The van der Waals surface area contributed by atoms with Crippen molar-refractivity contribution >= 4 is 17.4 Å². The van der Waals surface area contributed by atoms with Crippen LogP contribution in [0.1, 0.15) is 49.9 Å². The minimum atomic E-state index is -0.857. The lowest BCUT2D eigenvalue weighted by Gasteiger charge is -2.26. The Morgan fingerprint density at radius 2 is 1.67 bits per heavy atom. The van der Waals surface area contributed by atoms with E-state index < -0.39 is 17.7 Å². The number of aliphatic hydroxyl groups excluding tert-OH is 1. The summed E-state index contributed by atoms with van der Waals surface area (Å²) in [6, 6.07) is 9.09. The lowest BCUT2D eigenvalue weighted by atomic mass is 9.84. The monoisotopic (exact) mass is 496 g/mol. The molecule has 1 aliphatic heterocycles. The first kappa shape index (κ1) is 27.1. The van der Waals surface area contributed by atoms with E-state index in [1.807, 2.05) is 39.8 Å². The Bertz CT molecular complexity index is 1180. The molecule has 8 heteroatoms. The van der Waals surface area contributed by atoms with Crippen molar-refractivity contribution in [2.75, 3.05) is 41.4 Å². The molecule has 1 unspecified atom stereocenters. The number of phenols is 1. The third-order valence-electron chi connectivity index (χ3n) is 6.34. The zero-order valence-electron chi connectivity index (χ0n) is 22.1. The molecule has 194 valence electrons. The molecular weight excluding hydrogens is 460 g/mol. The van der Waals surface area contributed by atoms with E-state index in [4.69, 9.17) is 9.47 Å². The molecule has 1 heterocycles. The minimum Gasteiger partial charge on any atom is -0.507 e. The largest absolute Gasteiger partial charge is 0.507 e. The first-order valence-corrected chi connectivity index (χ1v) is 11.9. The number of aromatic hydroxyl groups is 1. The molecule has 0 aromatic heterocycles. The molecule has 0 radical (unpaired) electrons. The van der Waals surface area contributed by atoms with Gasteiger partial charge in [0.15, 0.2) is 11.5 Å². The smallest absolute Gasteiger partial charge is 0.295 e. The minimum absolute atomic E-state index is 0.0144. The molecule has 0 aliphatic carbocycles. The maximum absolute atomic E-state index is 13.3. The van der Waals surface area contributed by atoms with Crippen LogP contribution in [0.25, 0.3) is 5.76 Å². The highest BCUT2D eigenvalue weighted by Crippen LogP contribution is 2.42. The van der Waals surface area contributed by atoms with Crippen LogP contribution >= 0.6 is 0 Å². The Morgan fingerprint density at radius 3 is 2.22 bits per heavy atom. The van der Waals surface area contributed by atoms with Gasteiger partial charge in [0, 0.05) is 17.7 Å². The summed E-state index contributed by atoms with van der Waals surface area (Å²) in [5, 5.41) is 21.9. The third-order valence-corrected chi connectivity index (χ3v) is 6.34. The van der Waals surface area contributed by atoms with Gasteiger partial charge in [-0.2, -0.15) is 0 Å². The van der Waals surface area contributed by atoms with Crippen molar-refractivity contribution in [2.45, 2.75) is 38.6 Å². The molecule has 1 fully saturated rings. The number of carbonyl (C=O) groups is 2. The number of amides is 1. The quantitative estimate of drug-likeness (QED) is 0.323. The Kier molecular flexibility index (Phi) is 7.99.